The average Bonchev–Trinajstić information content (AvgIpc) is 2.88. The number of aliphatic hydroxyl groups is 1. The Kier molecular flexibility index (Phi) is 26.5. The summed E-state index contributed by atoms with van der Waals surface area (Å²) in [6.07, 6.45) is 9.68. The van der Waals surface area contributed by atoms with Crippen molar-refractivity contribution in [3.05, 3.63) is 0 Å². The Morgan fingerprint density at radius 3 is 1.68 bits per heavy atom. The molecule has 220 valence electrons. The number of unbranched alkanes of at least 4 members (excludes halogenated alkanes) is 8. The maximum Gasteiger partial charge on any atom is 0.385 e. The normalized spacial score (nSPS) is 8.62. The van der Waals surface area contributed by atoms with Crippen LogP contribution in [-0.4, -0.2) is 36.4 Å². The predicted molar refractivity (Wildman–Crippen MR) is 172 cm³/mol. The lowest BCUT2D eigenvalue weighted by atomic mass is 10.1. The van der Waals surface area contributed by atoms with Gasteiger partial charge in [0.25, 0.3) is 0 Å². The Bertz CT molecular complexity index is 1160. The number of rotatable bonds is 14. The molecular formula is C31H61NO5. The molecule has 1 atom stereocenters. The lowest BCUT2D eigenvalue weighted by Crippen LogP contribution is -2.28. The van der Waals surface area contributed by atoms with Crippen LogP contribution in [0.1, 0.15) is 96.6 Å². The van der Waals surface area contributed by atoms with E-state index in [0.717, 1.165) is 19.3 Å². The van der Waals surface area contributed by atoms with Crippen molar-refractivity contribution in [2.45, 2.75) is 84.2 Å². The van der Waals surface area contributed by atoms with Gasteiger partial charge in [-0.2, -0.15) is 0 Å². The molecule has 4 N–H and O–H groups in total. The summed E-state index contributed by atoms with van der Waals surface area (Å²) in [6.45, 7) is 3.14. The molecule has 0 rings (SSSR count). The molecule has 0 aliphatic heterocycles. The number of hydrogen-bond acceptors (Lipinski definition) is 6. The van der Waals surface area contributed by atoms with Crippen LogP contribution in [-0.2, 0) is 19.1 Å². The number of esters is 2. The van der Waals surface area contributed by atoms with Crippen LogP contribution in [0.2, 0.25) is 0 Å². The molecule has 0 aliphatic rings. The highest BCUT2D eigenvalue weighted by Crippen LogP contribution is 2.11. The van der Waals surface area contributed by atoms with Crippen molar-refractivity contribution in [3.8, 4) is 82.9 Å². The largest absolute Gasteiger partial charge is 0.456 e. The zero-order chi connectivity index (χ0) is 26.5. The minimum Gasteiger partial charge on any atom is -0.456 e. The fourth-order valence-corrected chi connectivity index (χ4v) is 2.61. The first-order chi connectivity index (χ1) is 17.6. The van der Waals surface area contributed by atoms with Crippen LogP contribution < -0.4 is 6.15 Å². The highest BCUT2D eigenvalue weighted by molar-refractivity contribution is 5.89. The molecule has 6 nitrogen and oxygen atoms in total. The van der Waals surface area contributed by atoms with Crippen LogP contribution in [0, 0.1) is 82.9 Å². The number of hydrogen-bond donors (Lipinski definition) is 2. The summed E-state index contributed by atoms with van der Waals surface area (Å²) in [6, 6.07) is 0. The smallest absolute Gasteiger partial charge is 0.385 e. The highest BCUT2D eigenvalue weighted by atomic mass is 16.6. The van der Waals surface area contributed by atoms with E-state index in [1.165, 1.54) is 38.5 Å². The Morgan fingerprint density at radius 1 is 0.730 bits per heavy atom. The Morgan fingerprint density at radius 2 is 1.19 bits per heavy atom. The van der Waals surface area contributed by atoms with Crippen molar-refractivity contribution in [2.75, 3.05) is 13.2 Å². The fraction of sp³-hybridized carbons (Fsp3) is 0.484. The second-order valence-corrected chi connectivity index (χ2v) is 7.35. The summed E-state index contributed by atoms with van der Waals surface area (Å²) in [5, 5.41) is 9.34. The van der Waals surface area contributed by atoms with Crippen molar-refractivity contribution in [2.24, 2.45) is 0 Å². The Balaban J connectivity index is -0.0000000673. The number of aliphatic hydroxyl groups excluding tert-OH is 1. The van der Waals surface area contributed by atoms with E-state index < -0.39 is 24.6 Å². The zero-order valence-electron chi connectivity index (χ0n) is 21.8. The van der Waals surface area contributed by atoms with E-state index in [1.807, 2.05) is 0 Å². The van der Waals surface area contributed by atoms with E-state index in [4.69, 9.17) is 9.47 Å². The predicted octanol–water partition coefficient (Wildman–Crippen LogP) is 6.76. The topological polar surface area (TPSA) is 108 Å². The average molecular weight is 528 g/mol. The van der Waals surface area contributed by atoms with Crippen LogP contribution >= 0.6 is 0 Å². The summed E-state index contributed by atoms with van der Waals surface area (Å²) < 4.78 is 10.0. The maximum atomic E-state index is 11.9. The summed E-state index contributed by atoms with van der Waals surface area (Å²) in [5.41, 5.74) is 0. The van der Waals surface area contributed by atoms with Crippen molar-refractivity contribution >= 4 is 11.9 Å². The first-order valence-electron chi connectivity index (χ1n) is 12.0. The maximum absolute atomic E-state index is 11.9. The molecule has 0 aromatic heterocycles. The van der Waals surface area contributed by atoms with E-state index >= 15 is 0 Å². The van der Waals surface area contributed by atoms with Gasteiger partial charge in [-0.05, 0) is 84.4 Å². The summed E-state index contributed by atoms with van der Waals surface area (Å²) in [5.74, 6) is 32.9. The van der Waals surface area contributed by atoms with Gasteiger partial charge in [0, 0.05) is 30.9 Å². The molecule has 0 fully saturated rings. The third-order valence-electron chi connectivity index (χ3n) is 4.36. The fourth-order valence-electron chi connectivity index (χ4n) is 2.61. The molecule has 0 spiro atoms. The third-order valence-corrected chi connectivity index (χ3v) is 4.36. The first-order valence-corrected chi connectivity index (χ1v) is 12.0. The van der Waals surface area contributed by atoms with Gasteiger partial charge in [0.2, 0.25) is 0 Å². The molecule has 0 saturated carbocycles. The second-order valence-electron chi connectivity index (χ2n) is 7.35. The van der Waals surface area contributed by atoms with Gasteiger partial charge >= 0.3 is 11.9 Å². The lowest BCUT2D eigenvalue weighted by molar-refractivity contribution is -0.159. The molecule has 0 aromatic rings. The van der Waals surface area contributed by atoms with Gasteiger partial charge in [-0.25, -0.2) is 4.79 Å². The van der Waals surface area contributed by atoms with Gasteiger partial charge in [-0.1, -0.05) is 64.2 Å². The van der Waals surface area contributed by atoms with Gasteiger partial charge in [0.05, 0.1) is 6.61 Å². The van der Waals surface area contributed by atoms with Crippen LogP contribution in [0.4, 0.5) is 0 Å². The van der Waals surface area contributed by atoms with Crippen molar-refractivity contribution in [3.63, 3.8) is 0 Å². The molecule has 0 aromatic carbocycles. The number of ether oxygens (including phenoxy) is 2. The van der Waals surface area contributed by atoms with Crippen LogP contribution in [0.5, 0.6) is 0 Å². The highest BCUT2D eigenvalue weighted by Gasteiger charge is 2.15. The molecule has 37 heavy (non-hydrogen) atoms. The Labute approximate surface area is 241 Å². The molecule has 0 amide bonds. The molecule has 6 heteroatoms. The van der Waals surface area contributed by atoms with Crippen LogP contribution in [0.25, 0.3) is 0 Å². The number of carbonyl (C=O) groups is 2. The SMILES string of the molecule is CC#CC#CC#CC#CC#CC#CC#CC(=O)OC[C@H](CO)OC(=O)CCCCCCCCCCC.N.[HH].[HH].[HH].[HH].[HH].[HH].[HH].[HH].[HH].[HH].[HH].[HH].[HH]. The second kappa shape index (κ2) is 28.0. The van der Waals surface area contributed by atoms with Gasteiger partial charge in [0.15, 0.2) is 6.10 Å². The van der Waals surface area contributed by atoms with E-state index in [0.29, 0.717) is 0 Å². The van der Waals surface area contributed by atoms with E-state index in [9.17, 15) is 14.7 Å². The third kappa shape index (κ3) is 26.2. The molecule has 0 radical (unpaired) electrons. The molecular weight excluding hydrogens is 466 g/mol. The van der Waals surface area contributed by atoms with E-state index in [2.05, 4.69) is 89.8 Å². The monoisotopic (exact) mass is 527 g/mol. The van der Waals surface area contributed by atoms with E-state index in [-0.39, 0.29) is 37.7 Å². The molecule has 0 bridgehead atoms. The van der Waals surface area contributed by atoms with Crippen LogP contribution in [0.3, 0.4) is 0 Å². The zero-order valence-corrected chi connectivity index (χ0v) is 21.8. The molecule has 0 heterocycles. The quantitative estimate of drug-likeness (QED) is 0.112. The lowest BCUT2D eigenvalue weighted by Gasteiger charge is -2.14. The first kappa shape index (κ1) is 34.9. The summed E-state index contributed by atoms with van der Waals surface area (Å²) in [7, 11) is 0. The molecule has 0 aliphatic carbocycles. The molecule has 0 unspecified atom stereocenters. The van der Waals surface area contributed by atoms with Gasteiger partial charge in [-0.15, -0.1) is 0 Å². The van der Waals surface area contributed by atoms with Crippen molar-refractivity contribution in [1.82, 2.24) is 6.15 Å². The van der Waals surface area contributed by atoms with Crippen molar-refractivity contribution in [1.29, 1.82) is 0 Å². The van der Waals surface area contributed by atoms with Gasteiger partial charge < -0.3 is 20.7 Å². The summed E-state index contributed by atoms with van der Waals surface area (Å²) >= 11 is 0. The van der Waals surface area contributed by atoms with Gasteiger partial charge in [0.1, 0.15) is 6.61 Å². The minimum absolute atomic E-state index is 0. The minimum atomic E-state index is -0.925. The standard InChI is InChI=1S/C31H32O5.H3N.13H2/c1-3-5-7-9-11-13-14-15-16-18-19-21-23-25-30(33)35-28-29(27-32)36-31(34)26-24-22-20-17-12-10-8-6-4-2;;;;;;;;;;;;;;/h29,32H,4,6,8,10,12,17,20,22,24,26-28H2,1-2H3;1H3;13*1H/t29-;;;;;;;;;;;;;;/m0............../s1. The van der Waals surface area contributed by atoms with E-state index in [1.54, 1.807) is 6.92 Å². The van der Waals surface area contributed by atoms with Gasteiger partial charge in [-0.3, -0.25) is 4.79 Å². The molecule has 0 saturated heterocycles. The van der Waals surface area contributed by atoms with Crippen molar-refractivity contribution < 1.29 is 42.7 Å². The summed E-state index contributed by atoms with van der Waals surface area (Å²) in [4.78, 5) is 23.5. The van der Waals surface area contributed by atoms with Crippen LogP contribution in [0.15, 0.2) is 0 Å². The Hall–Kier alpha value is -4.22. The number of carbonyl (C=O) groups excluding carboxylic acids is 2.